The van der Waals surface area contributed by atoms with Crippen LogP contribution in [-0.4, -0.2) is 24.5 Å². The minimum Gasteiger partial charge on any atom is -0.299 e. The summed E-state index contributed by atoms with van der Waals surface area (Å²) in [7, 11) is 0. The van der Waals surface area contributed by atoms with Crippen LogP contribution in [0.4, 0.5) is 13.2 Å². The standard InChI is InChI=1S/C25H30F3N/c1-18(2)15-22-8-7-20(16-19(22)3)9-12-29-13-10-21(11-14-29)23-5-4-6-24(17-23)25(26,27)28/h4-8,10,16-18H,9,11-15H2,1-3H3. The van der Waals surface area contributed by atoms with Gasteiger partial charge in [-0.1, -0.05) is 50.3 Å². The molecule has 3 rings (SSSR count). The first kappa shape index (κ1) is 21.6. The quantitative estimate of drug-likeness (QED) is 0.531. The van der Waals surface area contributed by atoms with Gasteiger partial charge in [0.05, 0.1) is 5.56 Å². The van der Waals surface area contributed by atoms with Crippen molar-refractivity contribution in [2.45, 2.75) is 46.2 Å². The van der Waals surface area contributed by atoms with E-state index in [1.54, 1.807) is 6.07 Å². The molecule has 1 aliphatic rings. The van der Waals surface area contributed by atoms with Crippen molar-refractivity contribution in [3.8, 4) is 0 Å². The maximum Gasteiger partial charge on any atom is 0.416 e. The van der Waals surface area contributed by atoms with E-state index in [-0.39, 0.29) is 0 Å². The van der Waals surface area contributed by atoms with Crippen LogP contribution in [0.1, 0.15) is 48.1 Å². The zero-order valence-corrected chi connectivity index (χ0v) is 17.5. The van der Waals surface area contributed by atoms with Crippen LogP contribution in [-0.2, 0) is 19.0 Å². The topological polar surface area (TPSA) is 3.24 Å². The Bertz CT molecular complexity index is 865. The second-order valence-corrected chi connectivity index (χ2v) is 8.47. The lowest BCUT2D eigenvalue weighted by Crippen LogP contribution is -2.30. The lowest BCUT2D eigenvalue weighted by molar-refractivity contribution is -0.137. The van der Waals surface area contributed by atoms with Crippen molar-refractivity contribution < 1.29 is 13.2 Å². The van der Waals surface area contributed by atoms with E-state index in [0.29, 0.717) is 11.5 Å². The maximum atomic E-state index is 12.9. The minimum atomic E-state index is -4.29. The summed E-state index contributed by atoms with van der Waals surface area (Å²) in [6.07, 6.45) is 0.681. The molecule has 0 aliphatic carbocycles. The highest BCUT2D eigenvalue weighted by Crippen LogP contribution is 2.32. The molecule has 1 heterocycles. The smallest absolute Gasteiger partial charge is 0.299 e. The molecule has 0 N–H and O–H groups in total. The second-order valence-electron chi connectivity index (χ2n) is 8.47. The van der Waals surface area contributed by atoms with Crippen LogP contribution < -0.4 is 0 Å². The van der Waals surface area contributed by atoms with Gasteiger partial charge in [-0.05, 0) is 72.1 Å². The number of benzene rings is 2. The van der Waals surface area contributed by atoms with Crippen molar-refractivity contribution in [2.75, 3.05) is 19.6 Å². The predicted molar refractivity (Wildman–Crippen MR) is 114 cm³/mol. The van der Waals surface area contributed by atoms with Gasteiger partial charge in [0.1, 0.15) is 0 Å². The highest BCUT2D eigenvalue weighted by atomic mass is 19.4. The summed E-state index contributed by atoms with van der Waals surface area (Å²) in [6.45, 7) is 9.31. The van der Waals surface area contributed by atoms with E-state index in [2.05, 4.69) is 49.9 Å². The van der Waals surface area contributed by atoms with Gasteiger partial charge in [-0.2, -0.15) is 13.2 Å². The van der Waals surface area contributed by atoms with Gasteiger partial charge in [-0.25, -0.2) is 0 Å². The van der Waals surface area contributed by atoms with E-state index in [9.17, 15) is 13.2 Å². The molecular formula is C25H30F3N. The molecule has 1 aliphatic heterocycles. The first-order valence-electron chi connectivity index (χ1n) is 10.4. The van der Waals surface area contributed by atoms with E-state index in [0.717, 1.165) is 50.5 Å². The third-order valence-electron chi connectivity index (χ3n) is 5.61. The first-order valence-corrected chi connectivity index (χ1v) is 10.4. The molecule has 0 saturated heterocycles. The summed E-state index contributed by atoms with van der Waals surface area (Å²) in [6, 6.07) is 12.5. The third-order valence-corrected chi connectivity index (χ3v) is 5.61. The first-order chi connectivity index (χ1) is 13.7. The van der Waals surface area contributed by atoms with Gasteiger partial charge in [0, 0.05) is 19.6 Å². The lowest BCUT2D eigenvalue weighted by Gasteiger charge is -2.27. The van der Waals surface area contributed by atoms with Crippen molar-refractivity contribution in [2.24, 2.45) is 5.92 Å². The van der Waals surface area contributed by atoms with Gasteiger partial charge in [0.25, 0.3) is 0 Å². The average molecular weight is 402 g/mol. The highest BCUT2D eigenvalue weighted by Gasteiger charge is 2.30. The van der Waals surface area contributed by atoms with Gasteiger partial charge in [-0.15, -0.1) is 0 Å². The Morgan fingerprint density at radius 3 is 2.48 bits per heavy atom. The molecule has 2 aromatic carbocycles. The lowest BCUT2D eigenvalue weighted by atomic mass is 9.95. The molecule has 156 valence electrons. The van der Waals surface area contributed by atoms with Gasteiger partial charge in [-0.3, -0.25) is 4.90 Å². The molecule has 2 aromatic rings. The van der Waals surface area contributed by atoms with E-state index >= 15 is 0 Å². The molecule has 0 atom stereocenters. The normalized spacial score (nSPS) is 15.6. The predicted octanol–water partition coefficient (Wildman–Crippen LogP) is 6.54. The van der Waals surface area contributed by atoms with Gasteiger partial charge >= 0.3 is 6.18 Å². The van der Waals surface area contributed by atoms with E-state index in [1.807, 2.05) is 0 Å². The average Bonchev–Trinajstić information content (AvgIpc) is 2.68. The van der Waals surface area contributed by atoms with Crippen LogP contribution >= 0.6 is 0 Å². The van der Waals surface area contributed by atoms with Gasteiger partial charge in [0.2, 0.25) is 0 Å². The number of hydrogen-bond donors (Lipinski definition) is 0. The molecule has 0 bridgehead atoms. The van der Waals surface area contributed by atoms with Crippen LogP contribution in [0.2, 0.25) is 0 Å². The SMILES string of the molecule is Cc1cc(CCN2CC=C(c3cccc(C(F)(F)F)c3)CC2)ccc1CC(C)C. The van der Waals surface area contributed by atoms with E-state index < -0.39 is 11.7 Å². The fourth-order valence-corrected chi connectivity index (χ4v) is 3.94. The van der Waals surface area contributed by atoms with Crippen molar-refractivity contribution in [1.82, 2.24) is 4.90 Å². The summed E-state index contributed by atoms with van der Waals surface area (Å²) in [5.41, 5.74) is 5.27. The highest BCUT2D eigenvalue weighted by molar-refractivity contribution is 5.67. The minimum absolute atomic E-state index is 0.574. The third kappa shape index (κ3) is 5.96. The zero-order valence-electron chi connectivity index (χ0n) is 17.5. The largest absolute Gasteiger partial charge is 0.416 e. The van der Waals surface area contributed by atoms with Crippen molar-refractivity contribution in [3.63, 3.8) is 0 Å². The van der Waals surface area contributed by atoms with Crippen LogP contribution in [0, 0.1) is 12.8 Å². The van der Waals surface area contributed by atoms with Crippen LogP contribution in [0.3, 0.4) is 0 Å². The number of aryl methyl sites for hydroxylation is 1. The zero-order chi connectivity index (χ0) is 21.0. The Morgan fingerprint density at radius 2 is 1.86 bits per heavy atom. The van der Waals surface area contributed by atoms with Crippen LogP contribution in [0.15, 0.2) is 48.5 Å². The number of rotatable bonds is 6. The van der Waals surface area contributed by atoms with E-state index in [4.69, 9.17) is 0 Å². The summed E-state index contributed by atoms with van der Waals surface area (Å²) in [5, 5.41) is 0. The number of nitrogens with zero attached hydrogens (tertiary/aromatic N) is 1. The van der Waals surface area contributed by atoms with Crippen LogP contribution in [0.5, 0.6) is 0 Å². The molecular weight excluding hydrogens is 371 g/mol. The maximum absolute atomic E-state index is 12.9. The molecule has 0 amide bonds. The van der Waals surface area contributed by atoms with Crippen molar-refractivity contribution in [1.29, 1.82) is 0 Å². The summed E-state index contributed by atoms with van der Waals surface area (Å²) >= 11 is 0. The number of alkyl halides is 3. The Kier molecular flexibility index (Phi) is 6.84. The number of hydrogen-bond acceptors (Lipinski definition) is 1. The van der Waals surface area contributed by atoms with Gasteiger partial charge in [0.15, 0.2) is 0 Å². The second kappa shape index (κ2) is 9.17. The van der Waals surface area contributed by atoms with E-state index in [1.165, 1.54) is 28.8 Å². The Balaban J connectivity index is 1.57. The Hall–Kier alpha value is -2.07. The molecule has 0 spiro atoms. The molecule has 29 heavy (non-hydrogen) atoms. The van der Waals surface area contributed by atoms with Gasteiger partial charge < -0.3 is 0 Å². The summed E-state index contributed by atoms with van der Waals surface area (Å²) in [4.78, 5) is 2.37. The monoisotopic (exact) mass is 401 g/mol. The van der Waals surface area contributed by atoms with Crippen molar-refractivity contribution in [3.05, 3.63) is 76.4 Å². The molecule has 0 unspecified atom stereocenters. The Labute approximate surface area is 172 Å². The molecule has 4 heteroatoms. The molecule has 0 fully saturated rings. The summed E-state index contributed by atoms with van der Waals surface area (Å²) < 4.78 is 38.8. The fourth-order valence-electron chi connectivity index (χ4n) is 3.94. The number of halogens is 3. The molecule has 0 aromatic heterocycles. The molecule has 1 nitrogen and oxygen atoms in total. The van der Waals surface area contributed by atoms with Crippen LogP contribution in [0.25, 0.3) is 5.57 Å². The molecule has 0 saturated carbocycles. The van der Waals surface area contributed by atoms with Crippen molar-refractivity contribution >= 4 is 5.57 Å². The summed E-state index contributed by atoms with van der Waals surface area (Å²) in [5.74, 6) is 0.658. The Morgan fingerprint density at radius 1 is 1.07 bits per heavy atom. The fraction of sp³-hybridized carbons (Fsp3) is 0.440. The molecule has 0 radical (unpaired) electrons.